The number of hydrogen-bond acceptors (Lipinski definition) is 4. The second-order valence-electron chi connectivity index (χ2n) is 4.27. The molecule has 1 fully saturated rings. The van der Waals surface area contributed by atoms with Gasteiger partial charge in [0.2, 0.25) is 5.95 Å². The van der Waals surface area contributed by atoms with E-state index in [0.717, 1.165) is 31.9 Å². The highest BCUT2D eigenvalue weighted by atomic mass is 35.5. The fraction of sp³-hybridized carbons (Fsp3) is 0.636. The Morgan fingerprint density at radius 2 is 1.94 bits per heavy atom. The second kappa shape index (κ2) is 4.97. The van der Waals surface area contributed by atoms with Crippen molar-refractivity contribution in [2.75, 3.05) is 18.0 Å². The number of aliphatic hydroxyl groups excluding tert-OH is 1. The molecule has 1 saturated heterocycles. The number of anilines is 1. The molecule has 1 aliphatic heterocycles. The van der Waals surface area contributed by atoms with Crippen molar-refractivity contribution in [3.8, 4) is 0 Å². The minimum Gasteiger partial charge on any atom is -0.393 e. The van der Waals surface area contributed by atoms with Crippen LogP contribution in [0.15, 0.2) is 12.4 Å². The molecule has 1 aliphatic rings. The summed E-state index contributed by atoms with van der Waals surface area (Å²) < 4.78 is 0. The number of aliphatic hydroxyl groups is 1. The van der Waals surface area contributed by atoms with Gasteiger partial charge in [0, 0.05) is 13.1 Å². The lowest BCUT2D eigenvalue weighted by Crippen LogP contribution is -2.37. The fourth-order valence-electron chi connectivity index (χ4n) is 2.05. The summed E-state index contributed by atoms with van der Waals surface area (Å²) in [4.78, 5) is 10.5. The van der Waals surface area contributed by atoms with Crippen molar-refractivity contribution < 1.29 is 5.11 Å². The minimum absolute atomic E-state index is 0.215. The normalized spacial score (nSPS) is 19.8. The monoisotopic (exact) mass is 241 g/mol. The van der Waals surface area contributed by atoms with Crippen molar-refractivity contribution in [2.45, 2.75) is 25.9 Å². The standard InChI is InChI=1S/C11H16ClN3O/c1-8(16)9-2-4-15(5-3-9)11-13-6-10(12)7-14-11/h6-9,16H,2-5H2,1H3/t8-/m1/s1. The predicted octanol–water partition coefficient (Wildman–Crippen LogP) is 1.73. The molecule has 0 spiro atoms. The van der Waals surface area contributed by atoms with E-state index in [1.165, 1.54) is 0 Å². The summed E-state index contributed by atoms with van der Waals surface area (Å²) in [6.45, 7) is 3.66. The van der Waals surface area contributed by atoms with Gasteiger partial charge in [-0.15, -0.1) is 0 Å². The maximum Gasteiger partial charge on any atom is 0.225 e. The summed E-state index contributed by atoms with van der Waals surface area (Å²) in [6.07, 6.45) is 5.00. The Morgan fingerprint density at radius 3 is 2.44 bits per heavy atom. The molecule has 1 aromatic rings. The van der Waals surface area contributed by atoms with E-state index < -0.39 is 0 Å². The van der Waals surface area contributed by atoms with Gasteiger partial charge in [-0.25, -0.2) is 9.97 Å². The number of hydrogen-bond donors (Lipinski definition) is 1. The first-order valence-corrected chi connectivity index (χ1v) is 5.95. The molecule has 0 bridgehead atoms. The molecule has 1 N–H and O–H groups in total. The summed E-state index contributed by atoms with van der Waals surface area (Å²) in [5.74, 6) is 1.14. The van der Waals surface area contributed by atoms with E-state index in [9.17, 15) is 5.11 Å². The number of nitrogens with zero attached hydrogens (tertiary/aromatic N) is 3. The lowest BCUT2D eigenvalue weighted by atomic mass is 9.92. The smallest absolute Gasteiger partial charge is 0.225 e. The van der Waals surface area contributed by atoms with Gasteiger partial charge in [-0.2, -0.15) is 0 Å². The van der Waals surface area contributed by atoms with Crippen molar-refractivity contribution in [1.82, 2.24) is 9.97 Å². The van der Waals surface area contributed by atoms with Crippen LogP contribution in [0, 0.1) is 5.92 Å². The molecular formula is C11H16ClN3O. The van der Waals surface area contributed by atoms with Gasteiger partial charge in [0.05, 0.1) is 23.5 Å². The van der Waals surface area contributed by atoms with Crippen LogP contribution < -0.4 is 4.90 Å². The topological polar surface area (TPSA) is 49.2 Å². The zero-order chi connectivity index (χ0) is 11.5. The van der Waals surface area contributed by atoms with Crippen LogP contribution in [0.25, 0.3) is 0 Å². The Labute approximate surface area is 100 Å². The van der Waals surface area contributed by atoms with Crippen LogP contribution in [-0.2, 0) is 0 Å². The highest BCUT2D eigenvalue weighted by Crippen LogP contribution is 2.23. The average molecular weight is 242 g/mol. The Balaban J connectivity index is 1.96. The van der Waals surface area contributed by atoms with Crippen molar-refractivity contribution in [2.24, 2.45) is 5.92 Å². The SMILES string of the molecule is C[C@@H](O)C1CCN(c2ncc(Cl)cn2)CC1. The molecule has 1 aromatic heterocycles. The maximum atomic E-state index is 9.50. The molecule has 16 heavy (non-hydrogen) atoms. The zero-order valence-electron chi connectivity index (χ0n) is 9.30. The van der Waals surface area contributed by atoms with E-state index in [-0.39, 0.29) is 6.10 Å². The lowest BCUT2D eigenvalue weighted by Gasteiger charge is -2.33. The van der Waals surface area contributed by atoms with Gasteiger partial charge in [-0.1, -0.05) is 11.6 Å². The molecule has 1 atom stereocenters. The van der Waals surface area contributed by atoms with E-state index in [1.54, 1.807) is 12.4 Å². The third-order valence-corrected chi connectivity index (χ3v) is 3.31. The maximum absolute atomic E-state index is 9.50. The molecule has 0 unspecified atom stereocenters. The van der Waals surface area contributed by atoms with Crippen LogP contribution in [-0.4, -0.2) is 34.3 Å². The predicted molar refractivity (Wildman–Crippen MR) is 63.7 cm³/mol. The van der Waals surface area contributed by atoms with Crippen molar-refractivity contribution in [3.05, 3.63) is 17.4 Å². The molecule has 2 heterocycles. The van der Waals surface area contributed by atoms with E-state index in [2.05, 4.69) is 14.9 Å². The number of rotatable bonds is 2. The van der Waals surface area contributed by atoms with E-state index in [1.807, 2.05) is 6.92 Å². The van der Waals surface area contributed by atoms with Gasteiger partial charge in [0.15, 0.2) is 0 Å². The van der Waals surface area contributed by atoms with Crippen LogP contribution in [0.5, 0.6) is 0 Å². The van der Waals surface area contributed by atoms with Gasteiger partial charge in [-0.05, 0) is 25.7 Å². The second-order valence-corrected chi connectivity index (χ2v) is 4.70. The third kappa shape index (κ3) is 2.62. The van der Waals surface area contributed by atoms with Crippen LogP contribution >= 0.6 is 11.6 Å². The lowest BCUT2D eigenvalue weighted by molar-refractivity contribution is 0.109. The number of halogens is 1. The Morgan fingerprint density at radius 1 is 1.38 bits per heavy atom. The van der Waals surface area contributed by atoms with Crippen LogP contribution in [0.4, 0.5) is 5.95 Å². The first kappa shape index (κ1) is 11.6. The number of aromatic nitrogens is 2. The largest absolute Gasteiger partial charge is 0.393 e. The Hall–Kier alpha value is -0.870. The van der Waals surface area contributed by atoms with Gasteiger partial charge >= 0.3 is 0 Å². The van der Waals surface area contributed by atoms with Crippen LogP contribution in [0.2, 0.25) is 5.02 Å². The quantitative estimate of drug-likeness (QED) is 0.857. The van der Waals surface area contributed by atoms with Crippen molar-refractivity contribution in [3.63, 3.8) is 0 Å². The highest BCUT2D eigenvalue weighted by Gasteiger charge is 2.23. The molecular weight excluding hydrogens is 226 g/mol. The highest BCUT2D eigenvalue weighted by molar-refractivity contribution is 6.30. The van der Waals surface area contributed by atoms with Crippen molar-refractivity contribution in [1.29, 1.82) is 0 Å². The van der Waals surface area contributed by atoms with Gasteiger partial charge in [0.1, 0.15) is 0 Å². The summed E-state index contributed by atoms with van der Waals surface area (Å²) in [7, 11) is 0. The van der Waals surface area contributed by atoms with Crippen molar-refractivity contribution >= 4 is 17.5 Å². The van der Waals surface area contributed by atoms with E-state index >= 15 is 0 Å². The molecule has 88 valence electrons. The van der Waals surface area contributed by atoms with Crippen LogP contribution in [0.1, 0.15) is 19.8 Å². The molecule has 4 nitrogen and oxygen atoms in total. The molecule has 0 amide bonds. The van der Waals surface area contributed by atoms with E-state index in [4.69, 9.17) is 11.6 Å². The van der Waals surface area contributed by atoms with Gasteiger partial charge in [0.25, 0.3) is 0 Å². The van der Waals surface area contributed by atoms with E-state index in [0.29, 0.717) is 10.9 Å². The molecule has 0 saturated carbocycles. The van der Waals surface area contributed by atoms with Crippen LogP contribution in [0.3, 0.4) is 0 Å². The molecule has 0 radical (unpaired) electrons. The van der Waals surface area contributed by atoms with Gasteiger partial charge < -0.3 is 10.0 Å². The summed E-state index contributed by atoms with van der Waals surface area (Å²) in [5, 5.41) is 10.1. The third-order valence-electron chi connectivity index (χ3n) is 3.11. The number of piperidine rings is 1. The van der Waals surface area contributed by atoms with Gasteiger partial charge in [-0.3, -0.25) is 0 Å². The summed E-state index contributed by atoms with van der Waals surface area (Å²) in [6, 6.07) is 0. The molecule has 2 rings (SSSR count). The summed E-state index contributed by atoms with van der Waals surface area (Å²) in [5.41, 5.74) is 0. The Bertz CT molecular complexity index is 334. The fourth-order valence-corrected chi connectivity index (χ4v) is 2.15. The first-order chi connectivity index (χ1) is 7.66. The summed E-state index contributed by atoms with van der Waals surface area (Å²) >= 11 is 5.74. The first-order valence-electron chi connectivity index (χ1n) is 5.57. The molecule has 0 aliphatic carbocycles. The minimum atomic E-state index is -0.215. The average Bonchev–Trinajstić information content (AvgIpc) is 2.30. The Kier molecular flexibility index (Phi) is 3.61. The zero-order valence-corrected chi connectivity index (χ0v) is 10.1. The molecule has 0 aromatic carbocycles. The molecule has 5 heteroatoms.